The molecular weight excluding hydrogens is 227 g/mol. The number of thiol groups is 1. The summed E-state index contributed by atoms with van der Waals surface area (Å²) in [5.41, 5.74) is 0. The number of allylic oxidation sites excluding steroid dienone is 1. The molecule has 84 valence electrons. The summed E-state index contributed by atoms with van der Waals surface area (Å²) in [7, 11) is 0.191. The maximum atomic E-state index is 10.8. The molecule has 0 heterocycles. The molecule has 0 aromatic carbocycles. The van der Waals surface area contributed by atoms with Crippen LogP contribution in [0, 0.1) is 0 Å². The van der Waals surface area contributed by atoms with Crippen LogP contribution in [-0.2, 0) is 20.5 Å². The third-order valence-corrected chi connectivity index (χ3v) is 3.77. The minimum absolute atomic E-state index is 0.191. The number of hydrogen-bond donors (Lipinski definition) is 4. The van der Waals surface area contributed by atoms with Gasteiger partial charge < -0.3 is 19.4 Å². The lowest BCUT2D eigenvalue weighted by molar-refractivity contribution is -0.137. The van der Waals surface area contributed by atoms with Crippen molar-refractivity contribution >= 4 is 23.6 Å². The average Bonchev–Trinajstić information content (AvgIpc) is 2.02. The molecule has 0 aliphatic heterocycles. The van der Waals surface area contributed by atoms with Crippen LogP contribution in [0.25, 0.3) is 0 Å². The van der Waals surface area contributed by atoms with Gasteiger partial charge in [0.2, 0.25) is 0 Å². The van der Waals surface area contributed by atoms with Gasteiger partial charge in [-0.15, -0.1) is 10.9 Å². The van der Waals surface area contributed by atoms with Crippen LogP contribution in [0.4, 0.5) is 0 Å². The molecule has 0 bridgehead atoms. The zero-order chi connectivity index (χ0) is 11.0. The summed E-state index contributed by atoms with van der Waals surface area (Å²) in [6.45, 7) is -1.75. The Balaban J connectivity index is 3.53. The van der Waals surface area contributed by atoms with Gasteiger partial charge in [0.25, 0.3) is 6.72 Å². The van der Waals surface area contributed by atoms with E-state index in [9.17, 15) is 4.79 Å². The highest BCUT2D eigenvalue weighted by atomic mass is 32.5. The van der Waals surface area contributed by atoms with Crippen LogP contribution in [0.3, 0.4) is 0 Å². The first-order chi connectivity index (χ1) is 6.45. The molecule has 0 aliphatic carbocycles. The molecule has 0 saturated carbocycles. The van der Waals surface area contributed by atoms with E-state index in [0.717, 1.165) is 0 Å². The zero-order valence-corrected chi connectivity index (χ0v) is 9.62. The molecule has 0 saturated heterocycles. The van der Waals surface area contributed by atoms with Crippen LogP contribution in [0.5, 0.6) is 0 Å². The molecule has 0 aromatic heterocycles. The van der Waals surface area contributed by atoms with Gasteiger partial charge in [0, 0.05) is 6.08 Å². The van der Waals surface area contributed by atoms with E-state index in [4.69, 9.17) is 19.4 Å². The van der Waals surface area contributed by atoms with Crippen LogP contribution in [-0.4, -0.2) is 33.0 Å². The van der Waals surface area contributed by atoms with Crippen LogP contribution in [0.15, 0.2) is 12.2 Å². The number of ether oxygens (including phenoxy) is 1. The van der Waals surface area contributed by atoms with E-state index in [1.807, 2.05) is 0 Å². The normalized spacial score (nSPS) is 12.0. The number of esters is 1. The Bertz CT molecular complexity index is 249. The summed E-state index contributed by atoms with van der Waals surface area (Å²) in [5, 5.41) is 0. The Morgan fingerprint density at radius 2 is 2.14 bits per heavy atom. The first-order valence-electron chi connectivity index (χ1n) is 4.01. The van der Waals surface area contributed by atoms with Crippen molar-refractivity contribution in [2.24, 2.45) is 0 Å². The molecular formula is C7H15O5PS. The standard InChI is InChI=1S/C7H15O5PS/c1-2-4-7(8)12-5-3-6-14-13(9,10)11/h2,4,9-11,14H,3,5-6H2,1H3. The van der Waals surface area contributed by atoms with Crippen molar-refractivity contribution < 1.29 is 24.2 Å². The van der Waals surface area contributed by atoms with Crippen molar-refractivity contribution in [3.05, 3.63) is 12.2 Å². The third-order valence-electron chi connectivity index (χ3n) is 1.14. The molecule has 0 amide bonds. The van der Waals surface area contributed by atoms with Gasteiger partial charge in [0.1, 0.15) is 0 Å². The van der Waals surface area contributed by atoms with Crippen LogP contribution >= 0.6 is 6.72 Å². The lowest BCUT2D eigenvalue weighted by Gasteiger charge is -2.03. The monoisotopic (exact) mass is 242 g/mol. The van der Waals surface area contributed by atoms with Gasteiger partial charge in [0.05, 0.1) is 6.61 Å². The molecule has 0 radical (unpaired) electrons. The van der Waals surface area contributed by atoms with E-state index in [0.29, 0.717) is 12.2 Å². The predicted octanol–water partition coefficient (Wildman–Crippen LogP) is -0.0348. The molecule has 0 aromatic rings. The van der Waals surface area contributed by atoms with Crippen LogP contribution in [0.1, 0.15) is 13.3 Å². The second-order valence-electron chi connectivity index (χ2n) is 2.42. The van der Waals surface area contributed by atoms with Gasteiger partial charge in [0.15, 0.2) is 0 Å². The smallest absolute Gasteiger partial charge is 0.330 e. The molecule has 7 heteroatoms. The van der Waals surface area contributed by atoms with Gasteiger partial charge in [-0.05, 0) is 19.1 Å². The molecule has 0 atom stereocenters. The lowest BCUT2D eigenvalue weighted by atomic mass is 10.5. The average molecular weight is 242 g/mol. The van der Waals surface area contributed by atoms with E-state index < -0.39 is 12.7 Å². The topological polar surface area (TPSA) is 87.0 Å². The molecule has 5 nitrogen and oxygen atoms in total. The molecule has 3 N–H and O–H groups in total. The third kappa shape index (κ3) is 9.95. The van der Waals surface area contributed by atoms with Crippen molar-refractivity contribution in [1.29, 1.82) is 0 Å². The van der Waals surface area contributed by atoms with Gasteiger partial charge in [-0.3, -0.25) is 0 Å². The first-order valence-corrected chi connectivity index (χ1v) is 7.44. The van der Waals surface area contributed by atoms with Crippen molar-refractivity contribution in [2.75, 3.05) is 12.4 Å². The maximum absolute atomic E-state index is 10.8. The number of carbonyl (C=O) groups excluding carboxylic acids is 1. The van der Waals surface area contributed by atoms with Crippen molar-refractivity contribution in [1.82, 2.24) is 0 Å². The quantitative estimate of drug-likeness (QED) is 0.179. The van der Waals surface area contributed by atoms with E-state index >= 15 is 0 Å². The summed E-state index contributed by atoms with van der Waals surface area (Å²) in [6.07, 6.45) is 3.37. The minimum Gasteiger partial charge on any atom is -0.463 e. The van der Waals surface area contributed by atoms with Gasteiger partial charge >= 0.3 is 5.97 Å². The zero-order valence-electron chi connectivity index (χ0n) is 7.83. The number of hydrogen-bond acceptors (Lipinski definition) is 2. The van der Waals surface area contributed by atoms with Gasteiger partial charge in [-0.2, -0.15) is 0 Å². The predicted molar refractivity (Wildman–Crippen MR) is 57.6 cm³/mol. The summed E-state index contributed by atoms with van der Waals surface area (Å²) in [6, 6.07) is 0. The van der Waals surface area contributed by atoms with Crippen LogP contribution in [0.2, 0.25) is 0 Å². The maximum Gasteiger partial charge on any atom is 0.330 e. The highest BCUT2D eigenvalue weighted by Gasteiger charge is 2.00. The Morgan fingerprint density at radius 3 is 2.64 bits per heavy atom. The molecule has 14 heavy (non-hydrogen) atoms. The fourth-order valence-electron chi connectivity index (χ4n) is 0.626. The fraction of sp³-hybridized carbons (Fsp3) is 0.571. The molecule has 0 unspecified atom stereocenters. The Kier molecular flexibility index (Phi) is 7.13. The highest BCUT2D eigenvalue weighted by Crippen LogP contribution is 2.30. The first kappa shape index (κ1) is 13.9. The van der Waals surface area contributed by atoms with Crippen molar-refractivity contribution in [3.8, 4) is 0 Å². The van der Waals surface area contributed by atoms with Crippen LogP contribution < -0.4 is 0 Å². The largest absolute Gasteiger partial charge is 0.463 e. The SMILES string of the molecule is CC=CC(=O)OCCC[SH]=P(O)(O)O. The van der Waals surface area contributed by atoms with E-state index in [-0.39, 0.29) is 17.5 Å². The second kappa shape index (κ2) is 7.20. The summed E-state index contributed by atoms with van der Waals surface area (Å²) in [4.78, 5) is 36.6. The Hall–Kier alpha value is -0.130. The minimum atomic E-state index is -3.67. The van der Waals surface area contributed by atoms with Gasteiger partial charge in [-0.1, -0.05) is 6.08 Å². The molecule has 0 fully saturated rings. The van der Waals surface area contributed by atoms with E-state index in [1.165, 1.54) is 6.08 Å². The number of carbonyl (C=O) groups is 1. The van der Waals surface area contributed by atoms with E-state index in [1.54, 1.807) is 13.0 Å². The fourth-order valence-corrected chi connectivity index (χ4v) is 2.39. The summed E-state index contributed by atoms with van der Waals surface area (Å²) < 4.78 is 4.73. The lowest BCUT2D eigenvalue weighted by Crippen LogP contribution is -2.03. The molecule has 0 spiro atoms. The van der Waals surface area contributed by atoms with Crippen molar-refractivity contribution in [3.63, 3.8) is 0 Å². The van der Waals surface area contributed by atoms with Crippen molar-refractivity contribution in [2.45, 2.75) is 13.3 Å². The summed E-state index contributed by atoms with van der Waals surface area (Å²) >= 11 is 0. The Morgan fingerprint density at radius 1 is 1.50 bits per heavy atom. The number of rotatable bonds is 5. The van der Waals surface area contributed by atoms with E-state index in [2.05, 4.69) is 0 Å². The molecule has 0 rings (SSSR count). The Labute approximate surface area is 86.2 Å². The summed E-state index contributed by atoms with van der Waals surface area (Å²) in [5.74, 6) is -0.0253. The molecule has 0 aliphatic rings. The second-order valence-corrected chi connectivity index (χ2v) is 6.68. The van der Waals surface area contributed by atoms with Gasteiger partial charge in [-0.25, -0.2) is 4.79 Å². The highest BCUT2D eigenvalue weighted by molar-refractivity contribution is 8.16.